The van der Waals surface area contributed by atoms with E-state index in [-0.39, 0.29) is 5.82 Å². The summed E-state index contributed by atoms with van der Waals surface area (Å²) < 4.78 is 34.7. The van der Waals surface area contributed by atoms with Gasteiger partial charge in [-0.05, 0) is 83.1 Å². The van der Waals surface area contributed by atoms with Crippen molar-refractivity contribution in [3.05, 3.63) is 161 Å². The summed E-state index contributed by atoms with van der Waals surface area (Å²) in [7, 11) is 1.67. The summed E-state index contributed by atoms with van der Waals surface area (Å²) in [4.78, 5) is 0. The molecule has 0 radical (unpaired) electrons. The third-order valence-electron chi connectivity index (χ3n) is 9.49. The number of ether oxygens (including phenoxy) is 3. The summed E-state index contributed by atoms with van der Waals surface area (Å²) in [6.45, 7) is 6.20. The molecule has 0 bridgehead atoms. The molecule has 0 saturated carbocycles. The van der Waals surface area contributed by atoms with Gasteiger partial charge in [-0.15, -0.1) is 0 Å². The van der Waals surface area contributed by atoms with E-state index in [2.05, 4.69) is 68.5 Å². The fourth-order valence-electron chi connectivity index (χ4n) is 7.43. The number of para-hydroxylation sites is 1. The highest BCUT2D eigenvalue weighted by atomic mass is 19.1. The van der Waals surface area contributed by atoms with Crippen LogP contribution in [0.15, 0.2) is 121 Å². The van der Waals surface area contributed by atoms with Crippen LogP contribution in [-0.4, -0.2) is 7.11 Å². The summed E-state index contributed by atoms with van der Waals surface area (Å²) in [6, 6.07) is 38.0. The molecule has 226 valence electrons. The lowest BCUT2D eigenvalue weighted by atomic mass is 9.76. The fraction of sp³-hybridized carbons (Fsp3) is 0.143. The summed E-state index contributed by atoms with van der Waals surface area (Å²) in [5.74, 6) is 2.90. The molecule has 0 N–H and O–H groups in total. The third kappa shape index (κ3) is 4.17. The van der Waals surface area contributed by atoms with Gasteiger partial charge in [0, 0.05) is 33.1 Å². The number of benzene rings is 6. The molecule has 6 aromatic carbocycles. The van der Waals surface area contributed by atoms with Crippen molar-refractivity contribution in [2.45, 2.75) is 31.8 Å². The van der Waals surface area contributed by atoms with E-state index in [0.29, 0.717) is 0 Å². The van der Waals surface area contributed by atoms with E-state index < -0.39 is 11.0 Å². The first-order valence-corrected chi connectivity index (χ1v) is 15.6. The molecular formula is C42H33FO3. The molecule has 1 unspecified atom stereocenters. The molecular weight excluding hydrogens is 571 g/mol. The van der Waals surface area contributed by atoms with Crippen molar-refractivity contribution in [3.8, 4) is 34.1 Å². The van der Waals surface area contributed by atoms with Crippen molar-refractivity contribution in [2.75, 3.05) is 7.11 Å². The number of methoxy groups -OCH3 is 1. The number of fused-ring (bicyclic) bond motifs is 8. The molecule has 8 rings (SSSR count). The number of hydrogen-bond donors (Lipinski definition) is 0. The second-order valence-electron chi connectivity index (χ2n) is 12.7. The Morgan fingerprint density at radius 3 is 1.96 bits per heavy atom. The normalized spacial score (nSPS) is 17.2. The molecule has 6 aromatic rings. The Balaban J connectivity index is 1.34. The maximum atomic E-state index is 15.8. The molecule has 0 saturated heterocycles. The van der Waals surface area contributed by atoms with Gasteiger partial charge in [-0.25, -0.2) is 4.39 Å². The molecule has 0 aromatic heterocycles. The summed E-state index contributed by atoms with van der Waals surface area (Å²) >= 11 is 0. The molecule has 3 nitrogen and oxygen atoms in total. The van der Waals surface area contributed by atoms with Gasteiger partial charge in [0.05, 0.1) is 7.11 Å². The lowest BCUT2D eigenvalue weighted by Crippen LogP contribution is -2.35. The zero-order chi connectivity index (χ0) is 31.6. The zero-order valence-electron chi connectivity index (χ0n) is 26.2. The van der Waals surface area contributed by atoms with E-state index in [1.165, 1.54) is 0 Å². The van der Waals surface area contributed by atoms with Gasteiger partial charge in [0.1, 0.15) is 28.8 Å². The molecule has 4 heteroatoms. The van der Waals surface area contributed by atoms with Crippen LogP contribution in [0.1, 0.15) is 47.2 Å². The Hall–Kier alpha value is -5.35. The van der Waals surface area contributed by atoms with Crippen molar-refractivity contribution >= 4 is 16.8 Å². The van der Waals surface area contributed by atoms with Gasteiger partial charge in [0.2, 0.25) is 0 Å². The average molecular weight is 605 g/mol. The van der Waals surface area contributed by atoms with E-state index in [9.17, 15) is 0 Å². The Kier molecular flexibility index (Phi) is 6.33. The Bertz CT molecular complexity index is 2160. The molecule has 46 heavy (non-hydrogen) atoms. The molecule has 1 aliphatic heterocycles. The highest BCUT2D eigenvalue weighted by Crippen LogP contribution is 2.58. The fourth-order valence-corrected chi connectivity index (χ4v) is 7.43. The van der Waals surface area contributed by atoms with Crippen molar-refractivity contribution in [3.63, 3.8) is 0 Å². The van der Waals surface area contributed by atoms with E-state index in [4.69, 9.17) is 14.2 Å². The third-order valence-corrected chi connectivity index (χ3v) is 9.49. The average Bonchev–Trinajstić information content (AvgIpc) is 3.32. The van der Waals surface area contributed by atoms with Crippen LogP contribution in [0.2, 0.25) is 0 Å². The van der Waals surface area contributed by atoms with E-state index in [0.717, 1.165) is 78.3 Å². The number of aryl methyl sites for hydroxylation is 1. The van der Waals surface area contributed by atoms with Crippen molar-refractivity contribution in [1.82, 2.24) is 0 Å². The molecule has 0 amide bonds. The predicted octanol–water partition coefficient (Wildman–Crippen LogP) is 10.7. The SMILES string of the molecule is COc1ccc(C2(c3ccc(Oc4ccccc4)cc3)C=Cc3c4c(c5ccccc5c3O2)-c2cc(C)cc(F)c2C4(C)C)cc1. The minimum absolute atomic E-state index is 0.167. The first-order valence-electron chi connectivity index (χ1n) is 15.6. The molecule has 0 fully saturated rings. The maximum Gasteiger partial charge on any atom is 0.178 e. The minimum atomic E-state index is -0.945. The molecule has 0 spiro atoms. The first kappa shape index (κ1) is 28.1. The van der Waals surface area contributed by atoms with Gasteiger partial charge in [0.15, 0.2) is 5.60 Å². The van der Waals surface area contributed by atoms with E-state index >= 15 is 4.39 Å². The van der Waals surface area contributed by atoms with Crippen molar-refractivity contribution < 1.29 is 18.6 Å². The van der Waals surface area contributed by atoms with Gasteiger partial charge < -0.3 is 14.2 Å². The molecule has 1 atom stereocenters. The van der Waals surface area contributed by atoms with Crippen molar-refractivity contribution in [1.29, 1.82) is 0 Å². The number of hydrogen-bond acceptors (Lipinski definition) is 3. The van der Waals surface area contributed by atoms with Crippen LogP contribution in [0.4, 0.5) is 4.39 Å². The van der Waals surface area contributed by atoms with Crippen molar-refractivity contribution in [2.24, 2.45) is 0 Å². The summed E-state index contributed by atoms with van der Waals surface area (Å²) in [6.07, 6.45) is 4.32. The maximum absolute atomic E-state index is 15.8. The lowest BCUT2D eigenvalue weighted by Gasteiger charge is -2.38. The highest BCUT2D eigenvalue weighted by molar-refractivity contribution is 6.08. The second-order valence-corrected chi connectivity index (χ2v) is 12.7. The predicted molar refractivity (Wildman–Crippen MR) is 183 cm³/mol. The van der Waals surface area contributed by atoms with Gasteiger partial charge in [-0.2, -0.15) is 0 Å². The minimum Gasteiger partial charge on any atom is -0.497 e. The van der Waals surface area contributed by atoms with Crippen LogP contribution in [0.25, 0.3) is 28.0 Å². The van der Waals surface area contributed by atoms with Gasteiger partial charge in [0.25, 0.3) is 0 Å². The molecule has 1 aliphatic carbocycles. The quantitative estimate of drug-likeness (QED) is 0.196. The number of rotatable bonds is 5. The Morgan fingerprint density at radius 1 is 0.674 bits per heavy atom. The zero-order valence-corrected chi connectivity index (χ0v) is 26.2. The second kappa shape index (κ2) is 10.3. The molecule has 2 aliphatic rings. The smallest absolute Gasteiger partial charge is 0.178 e. The van der Waals surface area contributed by atoms with Gasteiger partial charge in [-0.1, -0.05) is 92.7 Å². The van der Waals surface area contributed by atoms with Crippen LogP contribution in [-0.2, 0) is 11.0 Å². The number of halogens is 1. The summed E-state index contributed by atoms with van der Waals surface area (Å²) in [5.41, 5.74) is 6.17. The highest BCUT2D eigenvalue weighted by Gasteiger charge is 2.45. The first-order chi connectivity index (χ1) is 22.3. The van der Waals surface area contributed by atoms with Crippen LogP contribution in [0.5, 0.6) is 23.0 Å². The van der Waals surface area contributed by atoms with E-state index in [1.807, 2.05) is 73.7 Å². The van der Waals surface area contributed by atoms with Crippen LogP contribution >= 0.6 is 0 Å². The van der Waals surface area contributed by atoms with Crippen LogP contribution < -0.4 is 14.2 Å². The Morgan fingerprint density at radius 2 is 1.28 bits per heavy atom. The standard InChI is InChI=1S/C42H33FO3/c1-26-24-35-37-32-12-8-9-13-33(32)40-34(39(37)41(2,3)38(35)36(43)25-26)22-23-42(46-40,27-14-18-29(44-4)19-15-27)28-16-20-31(21-17-28)45-30-10-6-5-7-11-30/h5-25H,1-4H3. The monoisotopic (exact) mass is 604 g/mol. The largest absolute Gasteiger partial charge is 0.497 e. The van der Waals surface area contributed by atoms with Crippen LogP contribution in [0.3, 0.4) is 0 Å². The van der Waals surface area contributed by atoms with E-state index in [1.54, 1.807) is 13.2 Å². The topological polar surface area (TPSA) is 27.7 Å². The molecule has 1 heterocycles. The Labute approximate surface area is 268 Å². The van der Waals surface area contributed by atoms with Gasteiger partial charge >= 0.3 is 0 Å². The van der Waals surface area contributed by atoms with Gasteiger partial charge in [-0.3, -0.25) is 0 Å². The lowest BCUT2D eigenvalue weighted by molar-refractivity contribution is 0.163. The van der Waals surface area contributed by atoms with Crippen LogP contribution in [0, 0.1) is 12.7 Å². The summed E-state index contributed by atoms with van der Waals surface area (Å²) in [5, 5.41) is 2.05.